The SMILES string of the molecule is CCNCc1cn[nH]c1S(=O)(=O)NCc1ccccc1F. The molecule has 1 heterocycles. The van der Waals surface area contributed by atoms with Crippen LogP contribution in [-0.4, -0.2) is 25.2 Å². The van der Waals surface area contributed by atoms with E-state index in [2.05, 4.69) is 20.2 Å². The molecule has 1 aromatic heterocycles. The lowest BCUT2D eigenvalue weighted by molar-refractivity contribution is 0.568. The molecule has 0 saturated carbocycles. The predicted octanol–water partition coefficient (Wildman–Crippen LogP) is 1.14. The van der Waals surface area contributed by atoms with Crippen molar-refractivity contribution in [3.63, 3.8) is 0 Å². The van der Waals surface area contributed by atoms with Crippen molar-refractivity contribution < 1.29 is 12.8 Å². The largest absolute Gasteiger partial charge is 0.313 e. The summed E-state index contributed by atoms with van der Waals surface area (Å²) in [6.45, 7) is 2.91. The highest BCUT2D eigenvalue weighted by Gasteiger charge is 2.20. The van der Waals surface area contributed by atoms with Gasteiger partial charge in [0, 0.05) is 24.2 Å². The molecule has 0 bridgehead atoms. The quantitative estimate of drug-likeness (QED) is 0.715. The van der Waals surface area contributed by atoms with Crippen LogP contribution < -0.4 is 10.0 Å². The topological polar surface area (TPSA) is 86.9 Å². The van der Waals surface area contributed by atoms with Gasteiger partial charge in [0.15, 0.2) is 5.03 Å². The zero-order valence-electron chi connectivity index (χ0n) is 11.6. The van der Waals surface area contributed by atoms with Gasteiger partial charge in [-0.25, -0.2) is 17.5 Å². The van der Waals surface area contributed by atoms with Crippen molar-refractivity contribution in [3.05, 3.63) is 47.4 Å². The number of hydrogen-bond acceptors (Lipinski definition) is 4. The van der Waals surface area contributed by atoms with Crippen LogP contribution >= 0.6 is 0 Å². The molecule has 8 heteroatoms. The molecule has 3 N–H and O–H groups in total. The average Bonchev–Trinajstić information content (AvgIpc) is 2.93. The fourth-order valence-electron chi connectivity index (χ4n) is 1.80. The van der Waals surface area contributed by atoms with Gasteiger partial charge in [-0.05, 0) is 12.6 Å². The zero-order chi connectivity index (χ0) is 15.3. The molecule has 0 atom stereocenters. The zero-order valence-corrected chi connectivity index (χ0v) is 12.4. The van der Waals surface area contributed by atoms with E-state index in [0.29, 0.717) is 18.7 Å². The maximum Gasteiger partial charge on any atom is 0.258 e. The molecule has 1 aromatic carbocycles. The monoisotopic (exact) mass is 312 g/mol. The first kappa shape index (κ1) is 15.6. The number of halogens is 1. The van der Waals surface area contributed by atoms with Crippen molar-refractivity contribution in [2.45, 2.75) is 25.0 Å². The highest BCUT2D eigenvalue weighted by molar-refractivity contribution is 7.89. The van der Waals surface area contributed by atoms with Crippen LogP contribution in [0, 0.1) is 5.82 Å². The molecule has 114 valence electrons. The molecule has 0 aliphatic carbocycles. The molecule has 21 heavy (non-hydrogen) atoms. The van der Waals surface area contributed by atoms with Crippen molar-refractivity contribution in [1.29, 1.82) is 0 Å². The van der Waals surface area contributed by atoms with Gasteiger partial charge in [-0.2, -0.15) is 5.10 Å². The number of nitrogens with zero attached hydrogens (tertiary/aromatic N) is 1. The Morgan fingerprint density at radius 1 is 1.24 bits per heavy atom. The van der Waals surface area contributed by atoms with E-state index < -0.39 is 15.8 Å². The Kier molecular flexibility index (Phi) is 5.05. The Morgan fingerprint density at radius 2 is 2.00 bits per heavy atom. The minimum Gasteiger partial charge on any atom is -0.313 e. The standard InChI is InChI=1S/C13H17FN4O2S/c1-2-15-7-11-8-16-18-13(11)21(19,20)17-9-10-5-3-4-6-12(10)14/h3-6,8,15,17H,2,7,9H2,1H3,(H,16,18). The molecule has 0 aliphatic heterocycles. The second-order valence-corrected chi connectivity index (χ2v) is 6.12. The van der Waals surface area contributed by atoms with Crippen LogP contribution in [0.5, 0.6) is 0 Å². The van der Waals surface area contributed by atoms with Gasteiger partial charge >= 0.3 is 0 Å². The molecule has 0 unspecified atom stereocenters. The van der Waals surface area contributed by atoms with Gasteiger partial charge in [-0.15, -0.1) is 0 Å². The summed E-state index contributed by atoms with van der Waals surface area (Å²) in [6, 6.07) is 6.02. The Balaban J connectivity index is 2.12. The molecule has 0 fully saturated rings. The number of rotatable bonds is 7. The minimum atomic E-state index is -3.77. The van der Waals surface area contributed by atoms with Crippen molar-refractivity contribution in [2.75, 3.05) is 6.54 Å². The van der Waals surface area contributed by atoms with Crippen LogP contribution in [0.2, 0.25) is 0 Å². The number of benzene rings is 1. The van der Waals surface area contributed by atoms with E-state index in [1.807, 2.05) is 6.92 Å². The molecule has 0 spiro atoms. The maximum absolute atomic E-state index is 13.5. The summed E-state index contributed by atoms with van der Waals surface area (Å²) in [5, 5.41) is 9.26. The Hall–Kier alpha value is -1.77. The minimum absolute atomic E-state index is 0.000195. The van der Waals surface area contributed by atoms with E-state index in [1.54, 1.807) is 12.1 Å². The number of aromatic amines is 1. The summed E-state index contributed by atoms with van der Waals surface area (Å²) >= 11 is 0. The van der Waals surface area contributed by atoms with E-state index in [-0.39, 0.29) is 17.1 Å². The summed E-state index contributed by atoms with van der Waals surface area (Å²) in [7, 11) is -3.77. The lowest BCUT2D eigenvalue weighted by Gasteiger charge is -2.08. The first-order chi connectivity index (χ1) is 10.0. The van der Waals surface area contributed by atoms with Gasteiger partial charge in [-0.3, -0.25) is 5.10 Å². The van der Waals surface area contributed by atoms with E-state index in [0.717, 1.165) is 0 Å². The van der Waals surface area contributed by atoms with Crippen molar-refractivity contribution in [1.82, 2.24) is 20.2 Å². The summed E-state index contributed by atoms with van der Waals surface area (Å²) in [5.74, 6) is -0.447. The third kappa shape index (κ3) is 3.87. The molecule has 0 saturated heterocycles. The average molecular weight is 312 g/mol. The molecular formula is C13H17FN4O2S. The third-order valence-electron chi connectivity index (χ3n) is 2.92. The van der Waals surface area contributed by atoms with E-state index in [1.165, 1.54) is 18.3 Å². The molecule has 2 aromatic rings. The highest BCUT2D eigenvalue weighted by Crippen LogP contribution is 2.13. The van der Waals surface area contributed by atoms with Crippen molar-refractivity contribution >= 4 is 10.0 Å². The summed E-state index contributed by atoms with van der Waals surface area (Å²) in [4.78, 5) is 0. The molecule has 0 aliphatic rings. The van der Waals surface area contributed by atoms with Crippen LogP contribution in [0.25, 0.3) is 0 Å². The van der Waals surface area contributed by atoms with E-state index in [9.17, 15) is 12.8 Å². The Morgan fingerprint density at radius 3 is 2.71 bits per heavy atom. The van der Waals surface area contributed by atoms with Gasteiger partial charge in [0.1, 0.15) is 5.82 Å². The van der Waals surface area contributed by atoms with Gasteiger partial charge in [0.05, 0.1) is 6.20 Å². The van der Waals surface area contributed by atoms with Crippen LogP contribution in [-0.2, 0) is 23.1 Å². The normalized spacial score (nSPS) is 11.7. The number of hydrogen-bond donors (Lipinski definition) is 3. The number of nitrogens with one attached hydrogen (secondary N) is 3. The van der Waals surface area contributed by atoms with E-state index in [4.69, 9.17) is 0 Å². The first-order valence-corrected chi connectivity index (χ1v) is 7.99. The van der Waals surface area contributed by atoms with Gasteiger partial charge in [0.2, 0.25) is 0 Å². The van der Waals surface area contributed by atoms with Crippen molar-refractivity contribution in [2.24, 2.45) is 0 Å². The van der Waals surface area contributed by atoms with Crippen molar-refractivity contribution in [3.8, 4) is 0 Å². The molecule has 0 radical (unpaired) electrons. The first-order valence-electron chi connectivity index (χ1n) is 6.50. The van der Waals surface area contributed by atoms with Crippen LogP contribution in [0.1, 0.15) is 18.1 Å². The smallest absolute Gasteiger partial charge is 0.258 e. The second-order valence-electron chi connectivity index (χ2n) is 4.42. The van der Waals surface area contributed by atoms with Gasteiger partial charge in [0.25, 0.3) is 10.0 Å². The lowest BCUT2D eigenvalue weighted by atomic mass is 10.2. The number of sulfonamides is 1. The van der Waals surface area contributed by atoms with Gasteiger partial charge < -0.3 is 5.32 Å². The molecular weight excluding hydrogens is 295 g/mol. The Labute approximate surface area is 122 Å². The second kappa shape index (κ2) is 6.79. The number of H-pyrrole nitrogens is 1. The summed E-state index contributed by atoms with van der Waals surface area (Å²) < 4.78 is 40.3. The van der Waals surface area contributed by atoms with Crippen LogP contribution in [0.3, 0.4) is 0 Å². The molecule has 6 nitrogen and oxygen atoms in total. The molecule has 0 amide bonds. The molecule has 2 rings (SSSR count). The van der Waals surface area contributed by atoms with Gasteiger partial charge in [-0.1, -0.05) is 25.1 Å². The highest BCUT2D eigenvalue weighted by atomic mass is 32.2. The summed E-state index contributed by atoms with van der Waals surface area (Å²) in [5.41, 5.74) is 0.826. The number of aromatic nitrogens is 2. The van der Waals surface area contributed by atoms with Crippen LogP contribution in [0.4, 0.5) is 4.39 Å². The van der Waals surface area contributed by atoms with E-state index >= 15 is 0 Å². The maximum atomic E-state index is 13.5. The lowest BCUT2D eigenvalue weighted by Crippen LogP contribution is -2.26. The predicted molar refractivity (Wildman–Crippen MR) is 76.4 cm³/mol. The Bertz CT molecular complexity index is 700. The summed E-state index contributed by atoms with van der Waals surface area (Å²) in [6.07, 6.45) is 1.46. The fourth-order valence-corrected chi connectivity index (χ4v) is 2.94. The van der Waals surface area contributed by atoms with Crippen LogP contribution in [0.15, 0.2) is 35.5 Å². The fraction of sp³-hybridized carbons (Fsp3) is 0.308. The third-order valence-corrected chi connectivity index (χ3v) is 4.34.